The van der Waals surface area contributed by atoms with Gasteiger partial charge in [0.2, 0.25) is 5.91 Å². The van der Waals surface area contributed by atoms with E-state index < -0.39 is 0 Å². The minimum absolute atomic E-state index is 0.0614. The lowest BCUT2D eigenvalue weighted by Crippen LogP contribution is -2.14. The zero-order valence-electron chi connectivity index (χ0n) is 16.3. The van der Waals surface area contributed by atoms with E-state index >= 15 is 4.39 Å². The molecule has 0 saturated heterocycles. The van der Waals surface area contributed by atoms with E-state index in [9.17, 15) is 4.79 Å². The number of rotatable bonds is 7. The van der Waals surface area contributed by atoms with Crippen molar-refractivity contribution in [2.75, 3.05) is 7.11 Å². The lowest BCUT2D eigenvalue weighted by molar-refractivity contribution is -0.118. The number of primary amides is 1. The summed E-state index contributed by atoms with van der Waals surface area (Å²) < 4.78 is 20.7. The van der Waals surface area contributed by atoms with Gasteiger partial charge in [0.25, 0.3) is 0 Å². The Hall–Kier alpha value is -2.92. The molecule has 0 bridgehead atoms. The first-order valence-corrected chi connectivity index (χ1v) is 9.61. The molecular formula is C23H22ClFN2O2. The van der Waals surface area contributed by atoms with Crippen molar-refractivity contribution >= 4 is 17.5 Å². The van der Waals surface area contributed by atoms with Gasteiger partial charge in [0, 0.05) is 35.7 Å². The van der Waals surface area contributed by atoms with Crippen LogP contribution in [0.15, 0.2) is 54.7 Å². The van der Waals surface area contributed by atoms with E-state index in [-0.39, 0.29) is 24.1 Å². The Morgan fingerprint density at radius 3 is 2.66 bits per heavy atom. The highest BCUT2D eigenvalue weighted by Gasteiger charge is 2.17. The average Bonchev–Trinajstić information content (AvgIpc) is 2.69. The number of nitrogens with zero attached hydrogens (tertiary/aromatic N) is 1. The minimum Gasteiger partial charge on any atom is -0.496 e. The number of hydrogen-bond donors (Lipinski definition) is 1. The van der Waals surface area contributed by atoms with Crippen LogP contribution in [-0.4, -0.2) is 18.0 Å². The number of methoxy groups -OCH3 is 1. The summed E-state index contributed by atoms with van der Waals surface area (Å²) in [4.78, 5) is 15.5. The maximum Gasteiger partial charge on any atom is 0.218 e. The number of pyridine rings is 1. The number of halogens is 2. The van der Waals surface area contributed by atoms with Gasteiger partial charge in [-0.3, -0.25) is 9.78 Å². The smallest absolute Gasteiger partial charge is 0.218 e. The fraction of sp³-hybridized carbons (Fsp3) is 0.217. The predicted molar refractivity (Wildman–Crippen MR) is 113 cm³/mol. The van der Waals surface area contributed by atoms with Crippen LogP contribution in [-0.2, 0) is 11.2 Å². The molecule has 0 aliphatic carbocycles. The van der Waals surface area contributed by atoms with Crippen LogP contribution in [0.2, 0.25) is 5.02 Å². The number of aromatic nitrogens is 1. The summed E-state index contributed by atoms with van der Waals surface area (Å²) in [5.74, 6) is -0.328. The fourth-order valence-electron chi connectivity index (χ4n) is 3.28. The van der Waals surface area contributed by atoms with Gasteiger partial charge < -0.3 is 10.5 Å². The summed E-state index contributed by atoms with van der Waals surface area (Å²) in [6.07, 6.45) is 2.32. The molecule has 0 spiro atoms. The number of benzene rings is 2. The maximum atomic E-state index is 15.4. The second kappa shape index (κ2) is 9.05. The molecule has 29 heavy (non-hydrogen) atoms. The third-order valence-electron chi connectivity index (χ3n) is 4.77. The molecule has 3 rings (SSSR count). The zero-order chi connectivity index (χ0) is 21.0. The van der Waals surface area contributed by atoms with Crippen LogP contribution in [0.3, 0.4) is 0 Å². The number of hydrogen-bond acceptors (Lipinski definition) is 3. The molecule has 1 heterocycles. The van der Waals surface area contributed by atoms with Crippen molar-refractivity contribution in [1.29, 1.82) is 0 Å². The van der Waals surface area contributed by atoms with E-state index in [1.807, 2.05) is 19.1 Å². The van der Waals surface area contributed by atoms with Gasteiger partial charge in [0.1, 0.15) is 11.6 Å². The molecule has 0 fully saturated rings. The van der Waals surface area contributed by atoms with Crippen molar-refractivity contribution in [3.05, 3.63) is 82.4 Å². The lowest BCUT2D eigenvalue weighted by atomic mass is 9.97. The van der Waals surface area contributed by atoms with Crippen molar-refractivity contribution < 1.29 is 13.9 Å². The van der Waals surface area contributed by atoms with E-state index in [0.717, 1.165) is 11.3 Å². The third kappa shape index (κ3) is 4.93. The Balaban J connectivity index is 1.90. The first-order chi connectivity index (χ1) is 13.9. The number of nitrogens with two attached hydrogens (primary N) is 1. The van der Waals surface area contributed by atoms with Crippen LogP contribution in [0.5, 0.6) is 5.75 Å². The standard InChI is InChI=1S/C23H22ClFN2O2/c1-14(10-21(26)28)19-8-6-15(13-27-19)11-17-7-9-20(29-2)22(23(17)25)16-4-3-5-18(24)12-16/h3-9,12-14H,10-11H2,1-2H3,(H2,26,28). The van der Waals surface area contributed by atoms with Crippen molar-refractivity contribution in [3.8, 4) is 16.9 Å². The topological polar surface area (TPSA) is 65.2 Å². The van der Waals surface area contributed by atoms with Gasteiger partial charge in [-0.05, 0) is 41.0 Å². The highest BCUT2D eigenvalue weighted by molar-refractivity contribution is 6.30. The van der Waals surface area contributed by atoms with Crippen molar-refractivity contribution in [2.24, 2.45) is 5.73 Å². The molecule has 1 unspecified atom stereocenters. The van der Waals surface area contributed by atoms with E-state index in [2.05, 4.69) is 4.98 Å². The molecule has 0 radical (unpaired) electrons. The van der Waals surface area contributed by atoms with Crippen LogP contribution < -0.4 is 10.5 Å². The van der Waals surface area contributed by atoms with Gasteiger partial charge in [0.05, 0.1) is 12.7 Å². The molecule has 0 saturated carbocycles. The van der Waals surface area contributed by atoms with Crippen molar-refractivity contribution in [2.45, 2.75) is 25.7 Å². The quantitative estimate of drug-likeness (QED) is 0.585. The molecule has 150 valence electrons. The summed E-state index contributed by atoms with van der Waals surface area (Å²) in [5, 5.41) is 0.527. The number of carbonyl (C=O) groups excluding carboxylic acids is 1. The van der Waals surface area contributed by atoms with E-state index in [0.29, 0.717) is 33.9 Å². The monoisotopic (exact) mass is 412 g/mol. The fourth-order valence-corrected chi connectivity index (χ4v) is 3.47. The zero-order valence-corrected chi connectivity index (χ0v) is 17.0. The van der Waals surface area contributed by atoms with Gasteiger partial charge in [0.15, 0.2) is 0 Å². The second-order valence-corrected chi connectivity index (χ2v) is 7.40. The number of amides is 1. The van der Waals surface area contributed by atoms with Crippen LogP contribution in [0.25, 0.3) is 11.1 Å². The molecule has 0 aliphatic rings. The predicted octanol–water partition coefficient (Wildman–Crippen LogP) is 5.12. The van der Waals surface area contributed by atoms with Crippen molar-refractivity contribution in [1.82, 2.24) is 4.98 Å². The third-order valence-corrected chi connectivity index (χ3v) is 5.01. The van der Waals surface area contributed by atoms with Gasteiger partial charge in [-0.1, -0.05) is 42.8 Å². The molecule has 2 aromatic carbocycles. The Morgan fingerprint density at radius 1 is 1.24 bits per heavy atom. The molecular weight excluding hydrogens is 391 g/mol. The summed E-state index contributed by atoms with van der Waals surface area (Å²) in [6, 6.07) is 14.2. The van der Waals surface area contributed by atoms with Crippen LogP contribution >= 0.6 is 11.6 Å². The summed E-state index contributed by atoms with van der Waals surface area (Å²) in [6.45, 7) is 1.90. The minimum atomic E-state index is -0.364. The second-order valence-electron chi connectivity index (χ2n) is 6.97. The van der Waals surface area contributed by atoms with Gasteiger partial charge in [-0.15, -0.1) is 0 Å². The summed E-state index contributed by atoms with van der Waals surface area (Å²) >= 11 is 6.08. The van der Waals surface area contributed by atoms with E-state index in [1.165, 1.54) is 7.11 Å². The van der Waals surface area contributed by atoms with Gasteiger partial charge in [-0.25, -0.2) is 4.39 Å². The summed E-state index contributed by atoms with van der Waals surface area (Å²) in [7, 11) is 1.51. The van der Waals surface area contributed by atoms with Gasteiger partial charge in [-0.2, -0.15) is 0 Å². The van der Waals surface area contributed by atoms with Crippen molar-refractivity contribution in [3.63, 3.8) is 0 Å². The number of ether oxygens (including phenoxy) is 1. The molecule has 1 aromatic heterocycles. The van der Waals surface area contributed by atoms with Crippen LogP contribution in [0.4, 0.5) is 4.39 Å². The Bertz CT molecular complexity index is 1020. The largest absolute Gasteiger partial charge is 0.496 e. The first kappa shape index (κ1) is 20.8. The normalized spacial score (nSPS) is 11.9. The Morgan fingerprint density at radius 2 is 2.03 bits per heavy atom. The molecule has 4 nitrogen and oxygen atoms in total. The van der Waals surface area contributed by atoms with Gasteiger partial charge >= 0.3 is 0 Å². The molecule has 1 atom stereocenters. The van der Waals surface area contributed by atoms with Crippen LogP contribution in [0, 0.1) is 5.82 Å². The number of carbonyl (C=O) groups is 1. The summed E-state index contributed by atoms with van der Waals surface area (Å²) in [5.41, 5.74) is 8.45. The first-order valence-electron chi connectivity index (χ1n) is 9.23. The van der Waals surface area contributed by atoms with E-state index in [1.54, 1.807) is 42.6 Å². The average molecular weight is 413 g/mol. The molecule has 3 aromatic rings. The molecule has 0 aliphatic heterocycles. The van der Waals surface area contributed by atoms with Crippen LogP contribution in [0.1, 0.15) is 36.1 Å². The lowest BCUT2D eigenvalue weighted by Gasteiger charge is -2.14. The SMILES string of the molecule is COc1ccc(Cc2ccc(C(C)CC(N)=O)nc2)c(F)c1-c1cccc(Cl)c1. The molecule has 1 amide bonds. The maximum absolute atomic E-state index is 15.4. The Kier molecular flexibility index (Phi) is 6.49. The molecule has 6 heteroatoms. The Labute approximate surface area is 174 Å². The highest BCUT2D eigenvalue weighted by atomic mass is 35.5. The highest BCUT2D eigenvalue weighted by Crippen LogP contribution is 2.36. The van der Waals surface area contributed by atoms with E-state index in [4.69, 9.17) is 22.1 Å². The molecule has 2 N–H and O–H groups in total.